The number of rotatable bonds is 8. The molecule has 6 nitrogen and oxygen atoms in total. The van der Waals surface area contributed by atoms with Gasteiger partial charge in [0, 0.05) is 24.7 Å². The molecule has 1 unspecified atom stereocenters. The average Bonchev–Trinajstić information content (AvgIpc) is 2.66. The van der Waals surface area contributed by atoms with Crippen molar-refractivity contribution in [1.82, 2.24) is 15.5 Å². The molecule has 0 aliphatic rings. The van der Waals surface area contributed by atoms with Crippen LogP contribution in [0.15, 0.2) is 48.5 Å². The first-order chi connectivity index (χ1) is 12.5. The van der Waals surface area contributed by atoms with Crippen molar-refractivity contribution in [3.05, 3.63) is 59.7 Å². The molecule has 2 amide bonds. The predicted octanol–water partition coefficient (Wildman–Crippen LogP) is 2.81. The maximum Gasteiger partial charge on any atom is 0.315 e. The maximum atomic E-state index is 12.4. The summed E-state index contributed by atoms with van der Waals surface area (Å²) in [6.45, 7) is 1.08. The summed E-state index contributed by atoms with van der Waals surface area (Å²) in [5.74, 6) is 1.39. The monoisotopic (exact) mass is 357 g/mol. The molecule has 0 bridgehead atoms. The molecule has 0 radical (unpaired) electrons. The summed E-state index contributed by atoms with van der Waals surface area (Å²) in [6, 6.07) is 15.1. The van der Waals surface area contributed by atoms with E-state index in [4.69, 9.17) is 9.47 Å². The lowest BCUT2D eigenvalue weighted by Gasteiger charge is -2.23. The fourth-order valence-corrected chi connectivity index (χ4v) is 2.67. The Kier molecular flexibility index (Phi) is 7.29. The Bertz CT molecular complexity index is 705. The van der Waals surface area contributed by atoms with Gasteiger partial charge in [-0.3, -0.25) is 0 Å². The number of methoxy groups -OCH3 is 2. The SMILES string of the molecule is COc1ccc(CNC(=O)NC(CN(C)C)c2ccccc2)c(OC)c1. The molecule has 26 heavy (non-hydrogen) atoms. The molecule has 0 saturated heterocycles. The molecule has 2 aromatic rings. The molecule has 2 rings (SSSR count). The molecule has 2 N–H and O–H groups in total. The minimum atomic E-state index is -0.224. The topological polar surface area (TPSA) is 62.8 Å². The summed E-state index contributed by atoms with van der Waals surface area (Å²) in [5.41, 5.74) is 1.95. The van der Waals surface area contributed by atoms with E-state index in [-0.39, 0.29) is 12.1 Å². The second-order valence-electron chi connectivity index (χ2n) is 6.23. The molecule has 140 valence electrons. The molecule has 1 atom stereocenters. The van der Waals surface area contributed by atoms with E-state index in [2.05, 4.69) is 10.6 Å². The van der Waals surface area contributed by atoms with Gasteiger partial charge in [-0.2, -0.15) is 0 Å². The Balaban J connectivity index is 2.00. The summed E-state index contributed by atoms with van der Waals surface area (Å²) in [6.07, 6.45) is 0. The van der Waals surface area contributed by atoms with Crippen molar-refractivity contribution in [2.45, 2.75) is 12.6 Å². The third kappa shape index (κ3) is 5.67. The number of carbonyl (C=O) groups excluding carboxylic acids is 1. The highest BCUT2D eigenvalue weighted by Gasteiger charge is 2.15. The highest BCUT2D eigenvalue weighted by Crippen LogP contribution is 2.24. The number of amides is 2. The number of benzene rings is 2. The molecular formula is C20H27N3O3. The Morgan fingerprint density at radius 2 is 1.81 bits per heavy atom. The Hall–Kier alpha value is -2.73. The first-order valence-corrected chi connectivity index (χ1v) is 8.48. The molecule has 6 heteroatoms. The average molecular weight is 357 g/mol. The van der Waals surface area contributed by atoms with Crippen molar-refractivity contribution < 1.29 is 14.3 Å². The van der Waals surface area contributed by atoms with Gasteiger partial charge in [0.15, 0.2) is 0 Å². The zero-order chi connectivity index (χ0) is 18.9. The summed E-state index contributed by atoms with van der Waals surface area (Å²) in [4.78, 5) is 14.4. The van der Waals surface area contributed by atoms with Crippen LogP contribution in [0.1, 0.15) is 17.2 Å². The van der Waals surface area contributed by atoms with Crippen molar-refractivity contribution in [2.75, 3.05) is 34.9 Å². The maximum absolute atomic E-state index is 12.4. The van der Waals surface area contributed by atoms with E-state index in [9.17, 15) is 4.79 Å². The van der Waals surface area contributed by atoms with Gasteiger partial charge in [-0.25, -0.2) is 4.79 Å². The third-order valence-corrected chi connectivity index (χ3v) is 3.99. The number of nitrogens with zero attached hydrogens (tertiary/aromatic N) is 1. The van der Waals surface area contributed by atoms with E-state index in [1.807, 2.05) is 61.5 Å². The first kappa shape index (κ1) is 19.6. The Morgan fingerprint density at radius 3 is 2.42 bits per heavy atom. The number of carbonyl (C=O) groups is 1. The van der Waals surface area contributed by atoms with Crippen LogP contribution in [-0.4, -0.2) is 45.8 Å². The van der Waals surface area contributed by atoms with Crippen molar-refractivity contribution in [3.63, 3.8) is 0 Å². The molecule has 2 aromatic carbocycles. The normalized spacial score (nSPS) is 11.7. The van der Waals surface area contributed by atoms with Gasteiger partial charge in [-0.1, -0.05) is 30.3 Å². The number of likely N-dealkylation sites (N-methyl/N-ethyl adjacent to an activating group) is 1. The number of nitrogens with one attached hydrogen (secondary N) is 2. The lowest BCUT2D eigenvalue weighted by Crippen LogP contribution is -2.41. The van der Waals surface area contributed by atoms with E-state index in [1.165, 1.54) is 0 Å². The van der Waals surface area contributed by atoms with Gasteiger partial charge in [0.25, 0.3) is 0 Å². The molecule has 0 fully saturated rings. The number of hydrogen-bond donors (Lipinski definition) is 2. The van der Waals surface area contributed by atoms with Crippen LogP contribution in [0.3, 0.4) is 0 Å². The highest BCUT2D eigenvalue weighted by molar-refractivity contribution is 5.74. The van der Waals surface area contributed by atoms with Gasteiger partial charge in [0.1, 0.15) is 11.5 Å². The summed E-state index contributed by atoms with van der Waals surface area (Å²) in [7, 11) is 7.17. The first-order valence-electron chi connectivity index (χ1n) is 8.48. The van der Waals surface area contributed by atoms with Crippen LogP contribution < -0.4 is 20.1 Å². The largest absolute Gasteiger partial charge is 0.497 e. The third-order valence-electron chi connectivity index (χ3n) is 3.99. The van der Waals surface area contributed by atoms with Crippen molar-refractivity contribution in [1.29, 1.82) is 0 Å². The predicted molar refractivity (Wildman–Crippen MR) is 103 cm³/mol. The molecule has 0 saturated carbocycles. The molecule has 0 spiro atoms. The van der Waals surface area contributed by atoms with Crippen molar-refractivity contribution in [3.8, 4) is 11.5 Å². The zero-order valence-corrected chi connectivity index (χ0v) is 15.8. The number of urea groups is 1. The smallest absolute Gasteiger partial charge is 0.315 e. The van der Waals surface area contributed by atoms with Crippen LogP contribution in [0.5, 0.6) is 11.5 Å². The molecular weight excluding hydrogens is 330 g/mol. The van der Waals surface area contributed by atoms with Gasteiger partial charge < -0.3 is 25.0 Å². The fourth-order valence-electron chi connectivity index (χ4n) is 2.67. The minimum absolute atomic E-state index is 0.0936. The molecule has 0 aromatic heterocycles. The summed E-state index contributed by atoms with van der Waals surface area (Å²) < 4.78 is 10.6. The van der Waals surface area contributed by atoms with E-state index < -0.39 is 0 Å². The van der Waals surface area contributed by atoms with Crippen LogP contribution in [0.4, 0.5) is 4.79 Å². The standard InChI is InChI=1S/C20H27N3O3/c1-23(2)14-18(15-8-6-5-7-9-15)22-20(24)21-13-16-10-11-17(25-3)12-19(16)26-4/h5-12,18H,13-14H2,1-4H3,(H2,21,22,24). The quantitative estimate of drug-likeness (QED) is 0.763. The number of ether oxygens (including phenoxy) is 2. The second-order valence-corrected chi connectivity index (χ2v) is 6.23. The van der Waals surface area contributed by atoms with Crippen LogP contribution in [0.2, 0.25) is 0 Å². The molecule has 0 aliphatic heterocycles. The van der Waals surface area contributed by atoms with Gasteiger partial charge in [0.2, 0.25) is 0 Å². The fraction of sp³-hybridized carbons (Fsp3) is 0.350. The van der Waals surface area contributed by atoms with Gasteiger partial charge in [0.05, 0.1) is 20.3 Å². The van der Waals surface area contributed by atoms with E-state index >= 15 is 0 Å². The second kappa shape index (κ2) is 9.68. The van der Waals surface area contributed by atoms with Gasteiger partial charge >= 0.3 is 6.03 Å². The molecule has 0 heterocycles. The van der Waals surface area contributed by atoms with Crippen LogP contribution in [0.25, 0.3) is 0 Å². The van der Waals surface area contributed by atoms with Crippen LogP contribution >= 0.6 is 0 Å². The van der Waals surface area contributed by atoms with Gasteiger partial charge in [-0.15, -0.1) is 0 Å². The number of hydrogen-bond acceptors (Lipinski definition) is 4. The zero-order valence-electron chi connectivity index (χ0n) is 15.8. The minimum Gasteiger partial charge on any atom is -0.497 e. The summed E-state index contributed by atoms with van der Waals surface area (Å²) >= 11 is 0. The molecule has 0 aliphatic carbocycles. The summed E-state index contributed by atoms with van der Waals surface area (Å²) in [5, 5.41) is 5.93. The Morgan fingerprint density at radius 1 is 1.08 bits per heavy atom. The van der Waals surface area contributed by atoms with Crippen molar-refractivity contribution >= 4 is 6.03 Å². The van der Waals surface area contributed by atoms with E-state index in [0.717, 1.165) is 11.1 Å². The van der Waals surface area contributed by atoms with Crippen molar-refractivity contribution in [2.24, 2.45) is 0 Å². The lowest BCUT2D eigenvalue weighted by molar-refractivity contribution is 0.232. The Labute approximate surface area is 155 Å². The lowest BCUT2D eigenvalue weighted by atomic mass is 10.1. The van der Waals surface area contributed by atoms with E-state index in [0.29, 0.717) is 24.6 Å². The van der Waals surface area contributed by atoms with Crippen LogP contribution in [-0.2, 0) is 6.54 Å². The van der Waals surface area contributed by atoms with Crippen LogP contribution in [0, 0.1) is 0 Å². The van der Waals surface area contributed by atoms with Gasteiger partial charge in [-0.05, 0) is 31.8 Å². The van der Waals surface area contributed by atoms with E-state index in [1.54, 1.807) is 20.3 Å². The highest BCUT2D eigenvalue weighted by atomic mass is 16.5.